The van der Waals surface area contributed by atoms with Crippen LogP contribution >= 0.6 is 0 Å². The fourth-order valence-electron chi connectivity index (χ4n) is 2.18. The number of ketones is 1. The van der Waals surface area contributed by atoms with E-state index in [1.165, 1.54) is 24.8 Å². The van der Waals surface area contributed by atoms with Crippen molar-refractivity contribution < 1.29 is 4.79 Å². The van der Waals surface area contributed by atoms with E-state index < -0.39 is 0 Å². The molecule has 1 rings (SSSR count). The van der Waals surface area contributed by atoms with Gasteiger partial charge in [0.05, 0.1) is 0 Å². The molecule has 0 saturated carbocycles. The Morgan fingerprint density at radius 3 is 2.71 bits per heavy atom. The molecule has 0 N–H and O–H groups in total. The number of nitrogens with zero attached hydrogens (tertiary/aromatic N) is 1. The predicted octanol–water partition coefficient (Wildman–Crippen LogP) is 2.40. The first kappa shape index (κ1) is 11.4. The standard InChI is InChI=1S/C12H21NO/c1-10(2)9-13-7-5-4-6-12(13)8-11(3)14/h12H,1,4-9H2,2-3H3. The second-order valence-electron chi connectivity index (χ2n) is 4.48. The number of carbonyl (C=O) groups is 1. The van der Waals surface area contributed by atoms with Crippen molar-refractivity contribution in [1.82, 2.24) is 4.90 Å². The highest BCUT2D eigenvalue weighted by Crippen LogP contribution is 2.20. The van der Waals surface area contributed by atoms with Gasteiger partial charge in [0, 0.05) is 19.0 Å². The first-order chi connectivity index (χ1) is 6.59. The Morgan fingerprint density at radius 2 is 2.14 bits per heavy atom. The van der Waals surface area contributed by atoms with Crippen LogP contribution in [0.5, 0.6) is 0 Å². The van der Waals surface area contributed by atoms with Crippen LogP contribution in [0.15, 0.2) is 12.2 Å². The number of likely N-dealkylation sites (tertiary alicyclic amines) is 1. The zero-order valence-corrected chi connectivity index (χ0v) is 9.38. The molecule has 0 aromatic heterocycles. The van der Waals surface area contributed by atoms with Crippen LogP contribution in [0.4, 0.5) is 0 Å². The minimum atomic E-state index is 0.309. The number of carbonyl (C=O) groups excluding carboxylic acids is 1. The lowest BCUT2D eigenvalue weighted by Crippen LogP contribution is -2.41. The van der Waals surface area contributed by atoms with E-state index in [0.717, 1.165) is 13.1 Å². The van der Waals surface area contributed by atoms with Crippen LogP contribution < -0.4 is 0 Å². The molecular formula is C12H21NO. The van der Waals surface area contributed by atoms with Gasteiger partial charge in [-0.05, 0) is 33.2 Å². The van der Waals surface area contributed by atoms with Crippen molar-refractivity contribution in [1.29, 1.82) is 0 Å². The Bertz CT molecular complexity index is 198. The van der Waals surface area contributed by atoms with Crippen molar-refractivity contribution in [2.75, 3.05) is 13.1 Å². The van der Waals surface area contributed by atoms with E-state index >= 15 is 0 Å². The van der Waals surface area contributed by atoms with Gasteiger partial charge in [-0.1, -0.05) is 18.6 Å². The molecule has 0 amide bonds. The molecule has 0 aromatic carbocycles. The van der Waals surface area contributed by atoms with Crippen LogP contribution in [0.3, 0.4) is 0 Å². The summed E-state index contributed by atoms with van der Waals surface area (Å²) >= 11 is 0. The van der Waals surface area contributed by atoms with Gasteiger partial charge in [-0.3, -0.25) is 9.69 Å². The Labute approximate surface area is 87.0 Å². The Hall–Kier alpha value is -0.630. The van der Waals surface area contributed by atoms with Crippen LogP contribution in [-0.4, -0.2) is 29.8 Å². The van der Waals surface area contributed by atoms with Gasteiger partial charge < -0.3 is 0 Å². The van der Waals surface area contributed by atoms with Gasteiger partial charge in [-0.15, -0.1) is 0 Å². The maximum absolute atomic E-state index is 11.1. The molecule has 0 aromatic rings. The van der Waals surface area contributed by atoms with Gasteiger partial charge in [0.1, 0.15) is 5.78 Å². The van der Waals surface area contributed by atoms with Gasteiger partial charge in [-0.2, -0.15) is 0 Å². The molecule has 0 radical (unpaired) electrons. The molecule has 0 aliphatic carbocycles. The number of hydrogen-bond donors (Lipinski definition) is 0. The molecule has 0 spiro atoms. The average molecular weight is 195 g/mol. The second-order valence-corrected chi connectivity index (χ2v) is 4.48. The highest BCUT2D eigenvalue weighted by atomic mass is 16.1. The maximum atomic E-state index is 11.1. The van der Waals surface area contributed by atoms with Crippen molar-refractivity contribution >= 4 is 5.78 Å². The summed E-state index contributed by atoms with van der Waals surface area (Å²) in [4.78, 5) is 13.5. The molecule has 80 valence electrons. The summed E-state index contributed by atoms with van der Waals surface area (Å²) in [6.45, 7) is 9.77. The SMILES string of the molecule is C=C(C)CN1CCCCC1CC(C)=O. The lowest BCUT2D eigenvalue weighted by atomic mass is 9.97. The minimum absolute atomic E-state index is 0.309. The Balaban J connectivity index is 2.49. The quantitative estimate of drug-likeness (QED) is 0.642. The van der Waals surface area contributed by atoms with Crippen molar-refractivity contribution in [2.45, 2.75) is 45.6 Å². The summed E-state index contributed by atoms with van der Waals surface area (Å²) in [6, 6.07) is 0.470. The lowest BCUT2D eigenvalue weighted by molar-refractivity contribution is -0.118. The van der Waals surface area contributed by atoms with E-state index in [9.17, 15) is 4.79 Å². The third-order valence-corrected chi connectivity index (χ3v) is 2.75. The van der Waals surface area contributed by atoms with E-state index in [2.05, 4.69) is 18.4 Å². The first-order valence-electron chi connectivity index (χ1n) is 5.47. The summed E-state index contributed by atoms with van der Waals surface area (Å²) in [6.07, 6.45) is 4.42. The van der Waals surface area contributed by atoms with Crippen LogP contribution in [0, 0.1) is 0 Å². The fraction of sp³-hybridized carbons (Fsp3) is 0.750. The van der Waals surface area contributed by atoms with E-state index in [1.807, 2.05) is 0 Å². The van der Waals surface area contributed by atoms with Crippen LogP contribution in [0.25, 0.3) is 0 Å². The van der Waals surface area contributed by atoms with Crippen LogP contribution in [0.1, 0.15) is 39.5 Å². The smallest absolute Gasteiger partial charge is 0.131 e. The fourth-order valence-corrected chi connectivity index (χ4v) is 2.18. The highest BCUT2D eigenvalue weighted by molar-refractivity contribution is 5.76. The largest absolute Gasteiger partial charge is 0.300 e. The van der Waals surface area contributed by atoms with Crippen LogP contribution in [0.2, 0.25) is 0 Å². The van der Waals surface area contributed by atoms with E-state index in [-0.39, 0.29) is 0 Å². The molecule has 1 unspecified atom stereocenters. The summed E-state index contributed by atoms with van der Waals surface area (Å²) in [5.41, 5.74) is 1.19. The summed E-state index contributed by atoms with van der Waals surface area (Å²) in [5.74, 6) is 0.309. The molecule has 14 heavy (non-hydrogen) atoms. The lowest BCUT2D eigenvalue weighted by Gasteiger charge is -2.35. The highest BCUT2D eigenvalue weighted by Gasteiger charge is 2.22. The second kappa shape index (κ2) is 5.30. The third kappa shape index (κ3) is 3.62. The normalized spacial score (nSPS) is 23.4. The number of hydrogen-bond acceptors (Lipinski definition) is 2. The summed E-state index contributed by atoms with van der Waals surface area (Å²) < 4.78 is 0. The summed E-state index contributed by atoms with van der Waals surface area (Å²) in [5, 5.41) is 0. The zero-order valence-electron chi connectivity index (χ0n) is 9.38. The minimum Gasteiger partial charge on any atom is -0.300 e. The molecule has 2 nitrogen and oxygen atoms in total. The molecule has 2 heteroatoms. The Morgan fingerprint density at radius 1 is 1.43 bits per heavy atom. The Kier molecular flexibility index (Phi) is 4.33. The van der Waals surface area contributed by atoms with Gasteiger partial charge in [0.2, 0.25) is 0 Å². The molecule has 0 bridgehead atoms. The van der Waals surface area contributed by atoms with Crippen molar-refractivity contribution in [3.05, 3.63) is 12.2 Å². The average Bonchev–Trinajstić information content (AvgIpc) is 2.06. The molecular weight excluding hydrogens is 174 g/mol. The zero-order chi connectivity index (χ0) is 10.6. The van der Waals surface area contributed by atoms with Crippen LogP contribution in [-0.2, 0) is 4.79 Å². The van der Waals surface area contributed by atoms with Gasteiger partial charge in [0.25, 0.3) is 0 Å². The number of piperidine rings is 1. The van der Waals surface area contributed by atoms with E-state index in [4.69, 9.17) is 0 Å². The van der Waals surface area contributed by atoms with Gasteiger partial charge >= 0.3 is 0 Å². The topological polar surface area (TPSA) is 20.3 Å². The molecule has 1 atom stereocenters. The van der Waals surface area contributed by atoms with Crippen molar-refractivity contribution in [2.24, 2.45) is 0 Å². The molecule has 1 saturated heterocycles. The predicted molar refractivity (Wildman–Crippen MR) is 59.3 cm³/mol. The molecule has 1 fully saturated rings. The van der Waals surface area contributed by atoms with E-state index in [1.54, 1.807) is 6.92 Å². The third-order valence-electron chi connectivity index (χ3n) is 2.75. The number of Topliss-reactive ketones (excluding diaryl/α,β-unsaturated/α-hetero) is 1. The summed E-state index contributed by atoms with van der Waals surface area (Å²) in [7, 11) is 0. The van der Waals surface area contributed by atoms with Crippen molar-refractivity contribution in [3.63, 3.8) is 0 Å². The van der Waals surface area contributed by atoms with Gasteiger partial charge in [0.15, 0.2) is 0 Å². The molecule has 1 aliphatic heterocycles. The number of rotatable bonds is 4. The molecule has 1 aliphatic rings. The van der Waals surface area contributed by atoms with E-state index in [0.29, 0.717) is 18.2 Å². The monoisotopic (exact) mass is 195 g/mol. The first-order valence-corrected chi connectivity index (χ1v) is 5.47. The molecule has 1 heterocycles. The van der Waals surface area contributed by atoms with Crippen molar-refractivity contribution in [3.8, 4) is 0 Å². The maximum Gasteiger partial charge on any atom is 0.131 e. The van der Waals surface area contributed by atoms with Gasteiger partial charge in [-0.25, -0.2) is 0 Å².